The van der Waals surface area contributed by atoms with Crippen LogP contribution >= 0.6 is 0 Å². The predicted octanol–water partition coefficient (Wildman–Crippen LogP) is 1.92. The number of nitrogens with zero attached hydrogens (tertiary/aromatic N) is 2. The molecule has 0 unspecified atom stereocenters. The van der Waals surface area contributed by atoms with Crippen LogP contribution in [0.15, 0.2) is 28.9 Å². The summed E-state index contributed by atoms with van der Waals surface area (Å²) in [4.78, 5) is 2.25. The first-order valence-corrected chi connectivity index (χ1v) is 5.30. The molecule has 0 amide bonds. The number of rotatable bonds is 1. The topological polar surface area (TPSA) is 55.3 Å². The van der Waals surface area contributed by atoms with Gasteiger partial charge in [-0.05, 0) is 30.2 Å². The van der Waals surface area contributed by atoms with Crippen LogP contribution in [0.25, 0.3) is 11.3 Å². The molecule has 2 aromatic rings. The van der Waals surface area contributed by atoms with E-state index in [1.165, 1.54) is 17.4 Å². The van der Waals surface area contributed by atoms with Crippen molar-refractivity contribution in [3.05, 3.63) is 30.0 Å². The van der Waals surface area contributed by atoms with Crippen LogP contribution in [0.5, 0.6) is 0 Å². The standard InChI is InChI=1S/C12H13N3O/c1-15-5-4-8-6-9(2-3-11(8)15)12-10(13)7-14-16-12/h2-3,6-7H,4-5,13H2,1H3. The van der Waals surface area contributed by atoms with Gasteiger partial charge in [-0.2, -0.15) is 0 Å². The van der Waals surface area contributed by atoms with Gasteiger partial charge in [-0.3, -0.25) is 0 Å². The Morgan fingerprint density at radius 2 is 2.31 bits per heavy atom. The molecule has 1 aliphatic rings. The van der Waals surface area contributed by atoms with Gasteiger partial charge in [0.05, 0.1) is 6.20 Å². The van der Waals surface area contributed by atoms with Gasteiger partial charge < -0.3 is 15.2 Å². The van der Waals surface area contributed by atoms with E-state index in [0.29, 0.717) is 11.4 Å². The zero-order chi connectivity index (χ0) is 11.1. The Kier molecular flexibility index (Phi) is 1.89. The van der Waals surface area contributed by atoms with Crippen LogP contribution in [0.4, 0.5) is 11.4 Å². The van der Waals surface area contributed by atoms with Crippen LogP contribution in [0.2, 0.25) is 0 Å². The zero-order valence-corrected chi connectivity index (χ0v) is 9.10. The summed E-state index contributed by atoms with van der Waals surface area (Å²) < 4.78 is 5.15. The third-order valence-electron chi connectivity index (χ3n) is 3.07. The lowest BCUT2D eigenvalue weighted by atomic mass is 10.1. The molecular weight excluding hydrogens is 202 g/mol. The van der Waals surface area contributed by atoms with Gasteiger partial charge in [0.1, 0.15) is 5.69 Å². The lowest BCUT2D eigenvalue weighted by molar-refractivity contribution is 0.432. The minimum absolute atomic E-state index is 0.589. The Morgan fingerprint density at radius 3 is 3.06 bits per heavy atom. The highest BCUT2D eigenvalue weighted by Crippen LogP contribution is 2.33. The quantitative estimate of drug-likeness (QED) is 0.789. The number of anilines is 2. The molecule has 82 valence electrons. The highest BCUT2D eigenvalue weighted by Gasteiger charge is 2.17. The first-order valence-electron chi connectivity index (χ1n) is 5.30. The first kappa shape index (κ1) is 9.27. The van der Waals surface area contributed by atoms with Crippen LogP contribution in [-0.2, 0) is 6.42 Å². The van der Waals surface area contributed by atoms with Crippen molar-refractivity contribution in [1.82, 2.24) is 5.16 Å². The molecule has 1 aromatic carbocycles. The van der Waals surface area contributed by atoms with Gasteiger partial charge in [-0.15, -0.1) is 0 Å². The summed E-state index contributed by atoms with van der Waals surface area (Å²) in [7, 11) is 2.11. The minimum Gasteiger partial charge on any atom is -0.394 e. The number of nitrogen functional groups attached to an aromatic ring is 1. The summed E-state index contributed by atoms with van der Waals surface area (Å²) in [5.74, 6) is 0.664. The maximum Gasteiger partial charge on any atom is 0.189 e. The molecule has 1 aliphatic heterocycles. The molecule has 0 fully saturated rings. The molecule has 4 nitrogen and oxygen atoms in total. The van der Waals surface area contributed by atoms with E-state index in [4.69, 9.17) is 10.3 Å². The van der Waals surface area contributed by atoms with Crippen molar-refractivity contribution in [3.63, 3.8) is 0 Å². The fourth-order valence-electron chi connectivity index (χ4n) is 2.17. The highest BCUT2D eigenvalue weighted by molar-refractivity contribution is 5.74. The Labute approximate surface area is 93.6 Å². The zero-order valence-electron chi connectivity index (χ0n) is 9.10. The molecule has 3 rings (SSSR count). The third kappa shape index (κ3) is 1.26. The van der Waals surface area contributed by atoms with Crippen molar-refractivity contribution in [2.75, 3.05) is 24.2 Å². The van der Waals surface area contributed by atoms with Gasteiger partial charge in [-0.1, -0.05) is 5.16 Å². The fourth-order valence-corrected chi connectivity index (χ4v) is 2.17. The molecule has 2 heterocycles. The number of aromatic nitrogens is 1. The molecule has 0 bridgehead atoms. The summed E-state index contributed by atoms with van der Waals surface area (Å²) in [5.41, 5.74) is 10.0. The molecule has 0 spiro atoms. The Morgan fingerprint density at radius 1 is 1.44 bits per heavy atom. The van der Waals surface area contributed by atoms with E-state index < -0.39 is 0 Å². The molecule has 4 heteroatoms. The first-order chi connectivity index (χ1) is 7.75. The monoisotopic (exact) mass is 215 g/mol. The lowest BCUT2D eigenvalue weighted by Crippen LogP contribution is -2.12. The number of hydrogen-bond acceptors (Lipinski definition) is 4. The molecule has 0 radical (unpaired) electrons. The number of benzene rings is 1. The summed E-state index contributed by atoms with van der Waals surface area (Å²) in [6, 6.07) is 6.27. The van der Waals surface area contributed by atoms with E-state index in [1.807, 2.05) is 6.07 Å². The average Bonchev–Trinajstić information content (AvgIpc) is 2.86. The molecule has 1 aromatic heterocycles. The van der Waals surface area contributed by atoms with Crippen LogP contribution in [0.1, 0.15) is 5.56 Å². The lowest BCUT2D eigenvalue weighted by Gasteiger charge is -2.11. The van der Waals surface area contributed by atoms with Gasteiger partial charge >= 0.3 is 0 Å². The van der Waals surface area contributed by atoms with E-state index in [2.05, 4.69) is 29.2 Å². The van der Waals surface area contributed by atoms with Crippen molar-refractivity contribution in [2.45, 2.75) is 6.42 Å². The largest absolute Gasteiger partial charge is 0.394 e. The summed E-state index contributed by atoms with van der Waals surface area (Å²) >= 11 is 0. The van der Waals surface area contributed by atoms with Crippen molar-refractivity contribution < 1.29 is 4.52 Å². The second-order valence-corrected chi connectivity index (χ2v) is 4.13. The molecule has 2 N–H and O–H groups in total. The van der Waals surface area contributed by atoms with Crippen molar-refractivity contribution in [3.8, 4) is 11.3 Å². The van der Waals surface area contributed by atoms with E-state index >= 15 is 0 Å². The van der Waals surface area contributed by atoms with E-state index in [9.17, 15) is 0 Å². The Balaban J connectivity index is 2.09. The molecule has 0 saturated heterocycles. The number of hydrogen-bond donors (Lipinski definition) is 1. The molecular formula is C12H13N3O. The SMILES string of the molecule is CN1CCc2cc(-c3oncc3N)ccc21. The van der Waals surface area contributed by atoms with Gasteiger partial charge in [0.2, 0.25) is 0 Å². The van der Waals surface area contributed by atoms with Crippen LogP contribution in [0, 0.1) is 0 Å². The molecule has 16 heavy (non-hydrogen) atoms. The summed E-state index contributed by atoms with van der Waals surface area (Å²) in [6.07, 6.45) is 2.61. The third-order valence-corrected chi connectivity index (χ3v) is 3.07. The van der Waals surface area contributed by atoms with Crippen LogP contribution < -0.4 is 10.6 Å². The maximum atomic E-state index is 5.78. The normalized spacial score (nSPS) is 14.2. The minimum atomic E-state index is 0.589. The van der Waals surface area contributed by atoms with E-state index in [1.54, 1.807) is 0 Å². The van der Waals surface area contributed by atoms with Crippen LogP contribution in [-0.4, -0.2) is 18.7 Å². The predicted molar refractivity (Wildman–Crippen MR) is 63.3 cm³/mol. The smallest absolute Gasteiger partial charge is 0.189 e. The number of nitrogens with two attached hydrogens (primary N) is 1. The maximum absolute atomic E-state index is 5.78. The average molecular weight is 215 g/mol. The van der Waals surface area contributed by atoms with Crippen LogP contribution in [0.3, 0.4) is 0 Å². The molecule has 0 saturated carbocycles. The second kappa shape index (κ2) is 3.27. The highest BCUT2D eigenvalue weighted by atomic mass is 16.5. The fraction of sp³-hybridized carbons (Fsp3) is 0.250. The van der Waals surface area contributed by atoms with E-state index in [-0.39, 0.29) is 0 Å². The summed E-state index contributed by atoms with van der Waals surface area (Å²) in [5, 5.41) is 3.70. The summed E-state index contributed by atoms with van der Waals surface area (Å²) in [6.45, 7) is 1.07. The Hall–Kier alpha value is -1.97. The van der Waals surface area contributed by atoms with E-state index in [0.717, 1.165) is 18.5 Å². The van der Waals surface area contributed by atoms with Gasteiger partial charge in [-0.25, -0.2) is 0 Å². The van der Waals surface area contributed by atoms with Crippen molar-refractivity contribution in [2.24, 2.45) is 0 Å². The second-order valence-electron chi connectivity index (χ2n) is 4.13. The number of likely N-dealkylation sites (N-methyl/N-ethyl adjacent to an activating group) is 1. The molecule has 0 atom stereocenters. The number of fused-ring (bicyclic) bond motifs is 1. The van der Waals surface area contributed by atoms with Crippen molar-refractivity contribution >= 4 is 11.4 Å². The van der Waals surface area contributed by atoms with Crippen molar-refractivity contribution in [1.29, 1.82) is 0 Å². The van der Waals surface area contributed by atoms with Gasteiger partial charge in [0, 0.05) is 24.8 Å². The Bertz CT molecular complexity index is 533. The molecule has 0 aliphatic carbocycles. The van der Waals surface area contributed by atoms with Gasteiger partial charge in [0.15, 0.2) is 5.76 Å². The van der Waals surface area contributed by atoms with Gasteiger partial charge in [0.25, 0.3) is 0 Å².